The lowest BCUT2D eigenvalue weighted by Gasteiger charge is -2.49. The zero-order valence-corrected chi connectivity index (χ0v) is 25.8. The minimum atomic E-state index is -6.78. The van der Waals surface area contributed by atoms with Gasteiger partial charge in [0.2, 0.25) is 15.2 Å². The number of rotatable bonds is 13. The molecule has 17 heteroatoms. The van der Waals surface area contributed by atoms with E-state index in [4.69, 9.17) is 13.3 Å². The standard InChI is InChI=1S/C19H32F8O6Si3/c1-11(2)14(3,4)19(35-33-34,32-36(6,7)8)31-13(29)10-9-12(28)30-18(26,27)17(24,25)16(22,23)15(5,20)21/h9-11H,35H2,1-8,34H3. The van der Waals surface area contributed by atoms with E-state index in [-0.39, 0.29) is 28.6 Å². The van der Waals surface area contributed by atoms with Crippen LogP contribution in [-0.4, -0.2) is 69.8 Å². The van der Waals surface area contributed by atoms with Crippen molar-refractivity contribution >= 4 is 40.5 Å². The molecular formula is C19H32F8O6Si3. The molecule has 0 N–H and O–H groups in total. The molecule has 36 heavy (non-hydrogen) atoms. The van der Waals surface area contributed by atoms with E-state index in [1.165, 1.54) is 0 Å². The van der Waals surface area contributed by atoms with Crippen molar-refractivity contribution in [3.05, 3.63) is 12.2 Å². The van der Waals surface area contributed by atoms with Gasteiger partial charge in [0.1, 0.15) is 10.5 Å². The molecule has 0 rings (SSSR count). The number of esters is 2. The van der Waals surface area contributed by atoms with E-state index in [2.05, 4.69) is 4.74 Å². The van der Waals surface area contributed by atoms with Crippen molar-refractivity contribution < 1.29 is 62.7 Å². The van der Waals surface area contributed by atoms with Gasteiger partial charge >= 0.3 is 35.8 Å². The molecule has 0 fully saturated rings. The molecule has 0 aliphatic heterocycles. The Bertz CT molecular complexity index is 825. The van der Waals surface area contributed by atoms with Crippen molar-refractivity contribution in [3.8, 4) is 0 Å². The second-order valence-electron chi connectivity index (χ2n) is 10.0. The van der Waals surface area contributed by atoms with Crippen LogP contribution < -0.4 is 0 Å². The molecular weight excluding hydrogens is 560 g/mol. The second kappa shape index (κ2) is 11.2. The summed E-state index contributed by atoms with van der Waals surface area (Å²) in [6.45, 7) is 11.8. The summed E-state index contributed by atoms with van der Waals surface area (Å²) in [5, 5.41) is 0. The second-order valence-corrected chi connectivity index (χ2v) is 18.0. The Labute approximate surface area is 210 Å². The zero-order chi connectivity index (χ0) is 29.2. The van der Waals surface area contributed by atoms with Crippen molar-refractivity contribution in [3.63, 3.8) is 0 Å². The molecule has 0 aromatic rings. The molecule has 0 aromatic carbocycles. The summed E-state index contributed by atoms with van der Waals surface area (Å²) in [4.78, 5) is 24.1. The first-order chi connectivity index (χ1) is 15.7. The van der Waals surface area contributed by atoms with E-state index in [1.807, 2.05) is 13.8 Å². The van der Waals surface area contributed by atoms with Crippen LogP contribution in [0.1, 0.15) is 34.6 Å². The summed E-state index contributed by atoms with van der Waals surface area (Å²) in [5.74, 6) is -22.8. The molecule has 0 radical (unpaired) electrons. The molecule has 1 atom stereocenters. The lowest BCUT2D eigenvalue weighted by Crippen LogP contribution is -2.62. The lowest BCUT2D eigenvalue weighted by molar-refractivity contribution is -0.413. The largest absolute Gasteiger partial charge is 0.473 e. The van der Waals surface area contributed by atoms with Gasteiger partial charge in [0.15, 0.2) is 8.32 Å². The molecule has 212 valence electrons. The van der Waals surface area contributed by atoms with E-state index in [0.29, 0.717) is 0 Å². The minimum absolute atomic E-state index is 0.0840. The van der Waals surface area contributed by atoms with Crippen molar-refractivity contribution in [1.29, 1.82) is 0 Å². The van der Waals surface area contributed by atoms with Crippen LogP contribution in [0.2, 0.25) is 19.6 Å². The molecule has 6 nitrogen and oxygen atoms in total. The third-order valence-electron chi connectivity index (χ3n) is 5.39. The van der Waals surface area contributed by atoms with E-state index in [9.17, 15) is 44.7 Å². The van der Waals surface area contributed by atoms with Crippen LogP contribution >= 0.6 is 0 Å². The number of halogens is 8. The van der Waals surface area contributed by atoms with E-state index in [1.54, 1.807) is 33.5 Å². The van der Waals surface area contributed by atoms with Crippen molar-refractivity contribution in [1.82, 2.24) is 0 Å². The summed E-state index contributed by atoms with van der Waals surface area (Å²) in [7, 11) is -3.90. The van der Waals surface area contributed by atoms with Crippen LogP contribution in [0.4, 0.5) is 35.1 Å². The van der Waals surface area contributed by atoms with Gasteiger partial charge in [0.25, 0.3) is 0 Å². The Morgan fingerprint density at radius 1 is 0.833 bits per heavy atom. The van der Waals surface area contributed by atoms with E-state index in [0.717, 1.165) is 0 Å². The summed E-state index contributed by atoms with van der Waals surface area (Å²) in [6.07, 6.45) is -6.19. The fourth-order valence-corrected chi connectivity index (χ4v) is 8.00. The SMILES string of the molecule is CC(C)C(C)(C)C(OC(=O)C=CC(=O)OC(F)(F)C(F)(F)C(F)(F)C(C)(F)F)(O[Si](C)(C)C)[SiH2]O[SiH3]. The quantitative estimate of drug-likeness (QED) is 0.107. The highest BCUT2D eigenvalue weighted by Crippen LogP contribution is 2.52. The Kier molecular flexibility index (Phi) is 10.8. The van der Waals surface area contributed by atoms with Gasteiger partial charge in [-0.05, 0) is 25.6 Å². The summed E-state index contributed by atoms with van der Waals surface area (Å²) < 4.78 is 127. The monoisotopic (exact) mass is 592 g/mol. The molecule has 0 aromatic heterocycles. The topological polar surface area (TPSA) is 71.1 Å². The van der Waals surface area contributed by atoms with Gasteiger partial charge in [0, 0.05) is 24.5 Å². The van der Waals surface area contributed by atoms with Crippen molar-refractivity contribution in [2.75, 3.05) is 0 Å². The van der Waals surface area contributed by atoms with Gasteiger partial charge in [-0.2, -0.15) is 35.1 Å². The normalized spacial score (nSPS) is 16.7. The molecule has 0 saturated carbocycles. The first-order valence-electron chi connectivity index (χ1n) is 10.5. The van der Waals surface area contributed by atoms with Gasteiger partial charge in [-0.25, -0.2) is 9.59 Å². The maximum absolute atomic E-state index is 13.6. The lowest BCUT2D eigenvalue weighted by atomic mass is 9.80. The predicted molar refractivity (Wildman–Crippen MR) is 122 cm³/mol. The molecule has 0 amide bonds. The summed E-state index contributed by atoms with van der Waals surface area (Å²) in [5.41, 5.74) is -2.43. The first-order valence-corrected chi connectivity index (χ1v) is 16.1. The predicted octanol–water partition coefficient (Wildman–Crippen LogP) is 3.72. The molecule has 0 aliphatic carbocycles. The maximum Gasteiger partial charge on any atom is 0.473 e. The highest BCUT2D eigenvalue weighted by Gasteiger charge is 2.81. The molecule has 0 aliphatic rings. The fraction of sp³-hybridized carbons (Fsp3) is 0.789. The fourth-order valence-electron chi connectivity index (χ4n) is 2.67. The van der Waals surface area contributed by atoms with Gasteiger partial charge in [-0.15, -0.1) is 0 Å². The highest BCUT2D eigenvalue weighted by molar-refractivity contribution is 6.70. The van der Waals surface area contributed by atoms with Gasteiger partial charge in [-0.3, -0.25) is 0 Å². The number of alkyl halides is 8. The smallest absolute Gasteiger partial charge is 0.463 e. The third-order valence-corrected chi connectivity index (χ3v) is 9.36. The van der Waals surface area contributed by atoms with Crippen LogP contribution in [0.15, 0.2) is 12.2 Å². The Morgan fingerprint density at radius 2 is 1.25 bits per heavy atom. The summed E-state index contributed by atoms with van der Waals surface area (Å²) in [6, 6.07) is 0. The zero-order valence-electron chi connectivity index (χ0n) is 21.4. The van der Waals surface area contributed by atoms with Gasteiger partial charge < -0.3 is 18.0 Å². The van der Waals surface area contributed by atoms with Crippen LogP contribution in [0.25, 0.3) is 0 Å². The van der Waals surface area contributed by atoms with Gasteiger partial charge in [-0.1, -0.05) is 27.7 Å². The van der Waals surface area contributed by atoms with E-state index >= 15 is 0 Å². The van der Waals surface area contributed by atoms with Crippen LogP contribution in [0, 0.1) is 11.3 Å². The van der Waals surface area contributed by atoms with E-state index < -0.39 is 71.6 Å². The number of ether oxygens (including phenoxy) is 2. The van der Waals surface area contributed by atoms with Crippen LogP contribution in [0.3, 0.4) is 0 Å². The number of hydrogen-bond donors (Lipinski definition) is 0. The minimum Gasteiger partial charge on any atom is -0.463 e. The number of carbonyl (C=O) groups excluding carboxylic acids is 2. The number of carbonyl (C=O) groups is 2. The van der Waals surface area contributed by atoms with Crippen LogP contribution in [-0.2, 0) is 27.6 Å². The summed E-state index contributed by atoms with van der Waals surface area (Å²) >= 11 is 0. The molecule has 0 saturated heterocycles. The average molecular weight is 593 g/mol. The molecule has 1 unspecified atom stereocenters. The Hall–Kier alpha value is -1.31. The van der Waals surface area contributed by atoms with Crippen molar-refractivity contribution in [2.24, 2.45) is 11.3 Å². The Morgan fingerprint density at radius 3 is 1.58 bits per heavy atom. The molecule has 0 bridgehead atoms. The average Bonchev–Trinajstić information content (AvgIpc) is 2.63. The molecule has 0 spiro atoms. The first kappa shape index (κ1) is 34.7. The van der Waals surface area contributed by atoms with Gasteiger partial charge in [0.05, 0.1) is 0 Å². The van der Waals surface area contributed by atoms with Crippen molar-refractivity contribution in [2.45, 2.75) is 83.5 Å². The third kappa shape index (κ3) is 7.61. The highest BCUT2D eigenvalue weighted by atomic mass is 28.4. The Balaban J connectivity index is 5.96. The molecule has 0 heterocycles. The number of hydrogen-bond acceptors (Lipinski definition) is 6. The maximum atomic E-state index is 13.6. The van der Waals surface area contributed by atoms with Crippen LogP contribution in [0.5, 0.6) is 0 Å².